The Bertz CT molecular complexity index is 957. The second-order valence-electron chi connectivity index (χ2n) is 6.55. The summed E-state index contributed by atoms with van der Waals surface area (Å²) in [6.45, 7) is 0. The number of rotatable bonds is 3. The second-order valence-corrected chi connectivity index (χ2v) is 7.47. The minimum Gasteiger partial charge on any atom is -0.478 e. The maximum absolute atomic E-state index is 11.7. The second kappa shape index (κ2) is 6.25. The molecule has 0 amide bonds. The van der Waals surface area contributed by atoms with Crippen LogP contribution in [-0.2, 0) is 0 Å². The first-order valence-electron chi connectivity index (χ1n) is 8.20. The third-order valence-electron chi connectivity index (χ3n) is 5.10. The number of nitro benzene ring substituents is 1. The first kappa shape index (κ1) is 16.8. The van der Waals surface area contributed by atoms with Gasteiger partial charge in [-0.25, -0.2) is 4.79 Å². The minimum atomic E-state index is -1.01. The van der Waals surface area contributed by atoms with E-state index in [0.29, 0.717) is 5.69 Å². The molecule has 2 aliphatic rings. The van der Waals surface area contributed by atoms with E-state index in [-0.39, 0.29) is 29.1 Å². The maximum Gasteiger partial charge on any atom is 0.337 e. The van der Waals surface area contributed by atoms with Crippen LogP contribution in [-0.4, -0.2) is 16.0 Å². The van der Waals surface area contributed by atoms with Gasteiger partial charge in [0.1, 0.15) is 0 Å². The highest BCUT2D eigenvalue weighted by Gasteiger charge is 2.40. The predicted octanol–water partition coefficient (Wildman–Crippen LogP) is 4.88. The summed E-state index contributed by atoms with van der Waals surface area (Å²) in [6, 6.07) is 9.89. The summed E-state index contributed by atoms with van der Waals surface area (Å²) in [4.78, 5) is 22.5. The molecule has 2 aromatic carbocycles. The number of benzene rings is 2. The third kappa shape index (κ3) is 2.68. The number of allylic oxidation sites excluding steroid dienone is 2. The lowest BCUT2D eigenvalue weighted by molar-refractivity contribution is -0.384. The van der Waals surface area contributed by atoms with Crippen molar-refractivity contribution < 1.29 is 14.8 Å². The number of carbonyl (C=O) groups is 1. The molecule has 0 fully saturated rings. The number of aromatic carboxylic acids is 1. The first-order chi connectivity index (χ1) is 12.5. The van der Waals surface area contributed by atoms with Gasteiger partial charge in [-0.15, -0.1) is 0 Å². The SMILES string of the molecule is O=C(O)c1cc(Br)cc2c1N[C@@H](c1cccc([N+](=O)[O-])c1)[C@H]1CC=C[C@@H]21. The number of carboxylic acid groups (broad SMARTS) is 1. The molecule has 4 rings (SSSR count). The van der Waals surface area contributed by atoms with Gasteiger partial charge in [-0.2, -0.15) is 0 Å². The van der Waals surface area contributed by atoms with Crippen molar-refractivity contribution in [2.24, 2.45) is 5.92 Å². The van der Waals surface area contributed by atoms with Gasteiger partial charge in [0.25, 0.3) is 5.69 Å². The fourth-order valence-corrected chi connectivity index (χ4v) is 4.47. The monoisotopic (exact) mass is 414 g/mol. The van der Waals surface area contributed by atoms with E-state index in [1.54, 1.807) is 18.2 Å². The number of non-ortho nitro benzene ring substituents is 1. The molecule has 132 valence electrons. The average molecular weight is 415 g/mol. The zero-order chi connectivity index (χ0) is 18.4. The Balaban J connectivity index is 1.85. The molecular formula is C19H15BrN2O4. The van der Waals surface area contributed by atoms with E-state index in [0.717, 1.165) is 22.0 Å². The largest absolute Gasteiger partial charge is 0.478 e. The van der Waals surface area contributed by atoms with Gasteiger partial charge in [0.2, 0.25) is 0 Å². The van der Waals surface area contributed by atoms with Gasteiger partial charge >= 0.3 is 5.97 Å². The van der Waals surface area contributed by atoms with Crippen molar-refractivity contribution in [1.29, 1.82) is 0 Å². The Hall–Kier alpha value is -2.67. The average Bonchev–Trinajstić information content (AvgIpc) is 3.10. The van der Waals surface area contributed by atoms with Crippen LogP contribution in [0.25, 0.3) is 0 Å². The van der Waals surface area contributed by atoms with Crippen molar-refractivity contribution in [2.75, 3.05) is 5.32 Å². The summed E-state index contributed by atoms with van der Waals surface area (Å²) in [5.74, 6) is -0.750. The van der Waals surface area contributed by atoms with Crippen molar-refractivity contribution in [3.63, 3.8) is 0 Å². The molecule has 7 heteroatoms. The van der Waals surface area contributed by atoms with Gasteiger partial charge in [0.05, 0.1) is 22.2 Å². The van der Waals surface area contributed by atoms with Crippen molar-refractivity contribution in [2.45, 2.75) is 18.4 Å². The molecular weight excluding hydrogens is 400 g/mol. The van der Waals surface area contributed by atoms with Crippen LogP contribution in [0.2, 0.25) is 0 Å². The number of carboxylic acids is 1. The number of halogens is 1. The van der Waals surface area contributed by atoms with Gasteiger partial charge in [-0.3, -0.25) is 10.1 Å². The quantitative estimate of drug-likeness (QED) is 0.424. The van der Waals surface area contributed by atoms with Crippen LogP contribution in [0.3, 0.4) is 0 Å². The smallest absolute Gasteiger partial charge is 0.337 e. The lowest BCUT2D eigenvalue weighted by Gasteiger charge is -2.38. The Morgan fingerprint density at radius 1 is 1.31 bits per heavy atom. The lowest BCUT2D eigenvalue weighted by Crippen LogP contribution is -2.30. The molecule has 0 radical (unpaired) electrons. The third-order valence-corrected chi connectivity index (χ3v) is 5.56. The zero-order valence-electron chi connectivity index (χ0n) is 13.6. The summed E-state index contributed by atoms with van der Waals surface area (Å²) in [5.41, 5.74) is 2.56. The van der Waals surface area contributed by atoms with Crippen molar-refractivity contribution in [3.05, 3.63) is 79.8 Å². The fraction of sp³-hybridized carbons (Fsp3) is 0.211. The van der Waals surface area contributed by atoms with Crippen LogP contribution in [0.1, 0.15) is 39.9 Å². The highest BCUT2D eigenvalue weighted by Crippen LogP contribution is 2.51. The van der Waals surface area contributed by atoms with E-state index >= 15 is 0 Å². The molecule has 0 saturated heterocycles. The summed E-state index contributed by atoms with van der Waals surface area (Å²) in [7, 11) is 0. The Morgan fingerprint density at radius 3 is 2.85 bits per heavy atom. The van der Waals surface area contributed by atoms with Crippen LogP contribution in [0.4, 0.5) is 11.4 Å². The van der Waals surface area contributed by atoms with Crippen LogP contribution in [0, 0.1) is 16.0 Å². The molecule has 0 spiro atoms. The molecule has 1 heterocycles. The predicted molar refractivity (Wildman–Crippen MR) is 101 cm³/mol. The molecule has 0 saturated carbocycles. The number of nitrogens with zero attached hydrogens (tertiary/aromatic N) is 1. The van der Waals surface area contributed by atoms with Crippen molar-refractivity contribution in [3.8, 4) is 0 Å². The summed E-state index contributed by atoms with van der Waals surface area (Å²) in [5, 5.41) is 24.1. The number of hydrogen-bond acceptors (Lipinski definition) is 4. The van der Waals surface area contributed by atoms with Crippen molar-refractivity contribution in [1.82, 2.24) is 0 Å². The minimum absolute atomic E-state index is 0.0341. The fourth-order valence-electron chi connectivity index (χ4n) is 3.99. The molecule has 0 aromatic heterocycles. The van der Waals surface area contributed by atoms with Gasteiger partial charge < -0.3 is 10.4 Å². The van der Waals surface area contributed by atoms with Crippen LogP contribution in [0.15, 0.2) is 53.0 Å². The van der Waals surface area contributed by atoms with Gasteiger partial charge in [-0.05, 0) is 35.6 Å². The van der Waals surface area contributed by atoms with E-state index in [4.69, 9.17) is 0 Å². The molecule has 3 atom stereocenters. The number of hydrogen-bond donors (Lipinski definition) is 2. The van der Waals surface area contributed by atoms with E-state index in [2.05, 4.69) is 33.4 Å². The number of fused-ring (bicyclic) bond motifs is 3. The maximum atomic E-state index is 11.7. The molecule has 26 heavy (non-hydrogen) atoms. The van der Waals surface area contributed by atoms with Gasteiger partial charge in [0, 0.05) is 22.5 Å². The van der Waals surface area contributed by atoms with Gasteiger partial charge in [0.15, 0.2) is 0 Å². The highest BCUT2D eigenvalue weighted by molar-refractivity contribution is 9.10. The summed E-state index contributed by atoms with van der Waals surface area (Å²) >= 11 is 3.40. The Morgan fingerprint density at radius 2 is 2.12 bits per heavy atom. The van der Waals surface area contributed by atoms with Crippen molar-refractivity contribution >= 4 is 33.3 Å². The molecule has 0 unspecified atom stereocenters. The highest BCUT2D eigenvalue weighted by atomic mass is 79.9. The molecule has 6 nitrogen and oxygen atoms in total. The number of anilines is 1. The zero-order valence-corrected chi connectivity index (χ0v) is 15.1. The molecule has 1 aliphatic heterocycles. The van der Waals surface area contributed by atoms with Crippen LogP contribution < -0.4 is 5.32 Å². The van der Waals surface area contributed by atoms with Crippen LogP contribution in [0.5, 0.6) is 0 Å². The first-order valence-corrected chi connectivity index (χ1v) is 8.99. The molecule has 2 N–H and O–H groups in total. The van der Waals surface area contributed by atoms with E-state index in [1.807, 2.05) is 12.1 Å². The number of nitro groups is 1. The summed E-state index contributed by atoms with van der Waals surface area (Å²) < 4.78 is 0.725. The normalized spacial score (nSPS) is 23.0. The number of nitrogens with one attached hydrogen (secondary N) is 1. The van der Waals surface area contributed by atoms with Crippen LogP contribution >= 0.6 is 15.9 Å². The molecule has 0 bridgehead atoms. The summed E-state index contributed by atoms with van der Waals surface area (Å²) in [6.07, 6.45) is 5.03. The Labute approximate surface area is 157 Å². The topological polar surface area (TPSA) is 92.5 Å². The van der Waals surface area contributed by atoms with E-state index in [9.17, 15) is 20.0 Å². The molecule has 2 aromatic rings. The van der Waals surface area contributed by atoms with E-state index in [1.165, 1.54) is 6.07 Å². The standard InChI is InChI=1S/C19H15BrN2O4/c20-11-8-15-13-5-2-6-14(13)17(21-18(15)16(9-11)19(23)24)10-3-1-4-12(7-10)22(25)26/h1-5,7-9,13-14,17,21H,6H2,(H,23,24)/t13-,14+,17+/m1/s1. The lowest BCUT2D eigenvalue weighted by atomic mass is 9.76. The van der Waals surface area contributed by atoms with E-state index < -0.39 is 10.9 Å². The Kier molecular flexibility index (Phi) is 4.03. The van der Waals surface area contributed by atoms with Gasteiger partial charge in [-0.1, -0.05) is 40.2 Å². The molecule has 1 aliphatic carbocycles.